The van der Waals surface area contributed by atoms with Crippen molar-refractivity contribution in [2.24, 2.45) is 0 Å². The van der Waals surface area contributed by atoms with E-state index in [0.717, 1.165) is 32.1 Å². The number of fused-ring (bicyclic) bond motifs is 1. The Morgan fingerprint density at radius 3 is 2.48 bits per heavy atom. The molecule has 214 valence electrons. The van der Waals surface area contributed by atoms with Gasteiger partial charge in [0.1, 0.15) is 29.9 Å². The third-order valence-electron chi connectivity index (χ3n) is 8.08. The molecule has 0 radical (unpaired) electrons. The number of amides is 2. The van der Waals surface area contributed by atoms with Gasteiger partial charge in [0, 0.05) is 44.0 Å². The van der Waals surface area contributed by atoms with Crippen LogP contribution < -0.4 is 4.74 Å². The molecule has 2 aliphatic rings. The fraction of sp³-hybridized carbons (Fsp3) is 0.344. The molecule has 0 saturated carbocycles. The van der Waals surface area contributed by atoms with Crippen LogP contribution in [0.4, 0.5) is 4.39 Å². The summed E-state index contributed by atoms with van der Waals surface area (Å²) in [5.74, 6) is -0.424. The summed E-state index contributed by atoms with van der Waals surface area (Å²) >= 11 is 0. The number of ether oxygens (including phenoxy) is 1. The fourth-order valence-electron chi connectivity index (χ4n) is 5.75. The minimum Gasteiger partial charge on any atom is -0.489 e. The first kappa shape index (κ1) is 27.4. The number of aromatic nitrogens is 3. The summed E-state index contributed by atoms with van der Waals surface area (Å²) in [4.78, 5) is 35.7. The normalized spacial score (nSPS) is 15.9. The maximum atomic E-state index is 14.1. The van der Waals surface area contributed by atoms with Crippen molar-refractivity contribution in [2.45, 2.75) is 44.8 Å². The molecule has 0 aliphatic carbocycles. The molecule has 4 heterocycles. The Hall–Kier alpha value is -4.78. The molecular formula is C32H31FN6O3. The molecule has 2 aliphatic heterocycles. The molecule has 9 nitrogen and oxygen atoms in total. The van der Waals surface area contributed by atoms with Crippen molar-refractivity contribution in [2.75, 3.05) is 26.2 Å². The van der Waals surface area contributed by atoms with E-state index in [-0.39, 0.29) is 35.7 Å². The second kappa shape index (κ2) is 12.0. The molecule has 2 aromatic carbocycles. The maximum absolute atomic E-state index is 14.1. The molecule has 0 atom stereocenters. The zero-order chi connectivity index (χ0) is 29.1. The van der Waals surface area contributed by atoms with E-state index in [1.54, 1.807) is 41.4 Å². The highest BCUT2D eigenvalue weighted by Crippen LogP contribution is 2.28. The van der Waals surface area contributed by atoms with Gasteiger partial charge in [0.15, 0.2) is 0 Å². The summed E-state index contributed by atoms with van der Waals surface area (Å²) in [7, 11) is 0. The molecule has 0 bridgehead atoms. The number of likely N-dealkylation sites (tertiary alicyclic amines) is 2. The molecule has 0 unspecified atom stereocenters. The Bertz CT molecular complexity index is 1650. The summed E-state index contributed by atoms with van der Waals surface area (Å²) in [6.45, 7) is 2.60. The number of rotatable bonds is 6. The molecule has 2 aromatic heterocycles. The minimum absolute atomic E-state index is 0.0240. The minimum atomic E-state index is -0.599. The monoisotopic (exact) mass is 566 g/mol. The van der Waals surface area contributed by atoms with Gasteiger partial charge in [-0.05, 0) is 80.1 Å². The van der Waals surface area contributed by atoms with Gasteiger partial charge in [-0.3, -0.25) is 14.3 Å². The third kappa shape index (κ3) is 5.68. The third-order valence-corrected chi connectivity index (χ3v) is 8.08. The fourth-order valence-corrected chi connectivity index (χ4v) is 5.75. The molecule has 0 spiro atoms. The molecule has 6 rings (SSSR count). The van der Waals surface area contributed by atoms with Crippen molar-refractivity contribution in [1.29, 1.82) is 5.26 Å². The number of carbonyl (C=O) groups is 2. The Morgan fingerprint density at radius 2 is 1.76 bits per heavy atom. The van der Waals surface area contributed by atoms with E-state index in [2.05, 4.69) is 10.1 Å². The molecule has 4 aromatic rings. The molecule has 2 fully saturated rings. The number of pyridine rings is 1. The van der Waals surface area contributed by atoms with Gasteiger partial charge in [-0.1, -0.05) is 6.07 Å². The van der Waals surface area contributed by atoms with Crippen LogP contribution in [0.3, 0.4) is 0 Å². The van der Waals surface area contributed by atoms with Crippen LogP contribution in [0.1, 0.15) is 70.1 Å². The van der Waals surface area contributed by atoms with Crippen molar-refractivity contribution in [1.82, 2.24) is 24.6 Å². The average molecular weight is 567 g/mol. The molecule has 2 saturated heterocycles. The Morgan fingerprint density at radius 1 is 0.976 bits per heavy atom. The SMILES string of the molecule is N#Cc1ccc(COc2ccc3nc(C(=O)N4CCC(n5cccn5)CC4)cc(C(=O)N4CCCCC4)c3c2)cc1F. The van der Waals surface area contributed by atoms with Gasteiger partial charge in [-0.25, -0.2) is 9.37 Å². The topological polar surface area (TPSA) is 104 Å². The van der Waals surface area contributed by atoms with Crippen LogP contribution in [-0.4, -0.2) is 62.6 Å². The lowest BCUT2D eigenvalue weighted by Gasteiger charge is -2.32. The summed E-state index contributed by atoms with van der Waals surface area (Å²) in [6.07, 6.45) is 8.29. The lowest BCUT2D eigenvalue weighted by molar-refractivity contribution is 0.0684. The highest BCUT2D eigenvalue weighted by Gasteiger charge is 2.28. The highest BCUT2D eigenvalue weighted by molar-refractivity contribution is 6.09. The number of piperidine rings is 2. The average Bonchev–Trinajstić information content (AvgIpc) is 3.58. The number of benzene rings is 2. The maximum Gasteiger partial charge on any atom is 0.272 e. The molecular weight excluding hydrogens is 535 g/mol. The quantitative estimate of drug-likeness (QED) is 0.321. The van der Waals surface area contributed by atoms with Crippen LogP contribution in [0.25, 0.3) is 10.9 Å². The first-order chi connectivity index (χ1) is 20.5. The lowest BCUT2D eigenvalue weighted by Crippen LogP contribution is -2.40. The van der Waals surface area contributed by atoms with Crippen LogP contribution >= 0.6 is 0 Å². The summed E-state index contributed by atoms with van der Waals surface area (Å²) in [5, 5.41) is 13.9. The van der Waals surface area contributed by atoms with Crippen molar-refractivity contribution in [3.8, 4) is 11.8 Å². The summed E-state index contributed by atoms with van der Waals surface area (Å²) in [6, 6.07) is 15.2. The predicted octanol–water partition coefficient (Wildman–Crippen LogP) is 5.12. The van der Waals surface area contributed by atoms with Gasteiger partial charge in [-0.2, -0.15) is 10.4 Å². The van der Waals surface area contributed by atoms with E-state index in [0.29, 0.717) is 54.0 Å². The number of hydrogen-bond acceptors (Lipinski definition) is 6. The Kier molecular flexibility index (Phi) is 7.82. The smallest absolute Gasteiger partial charge is 0.272 e. The van der Waals surface area contributed by atoms with Crippen LogP contribution in [0.15, 0.2) is 60.9 Å². The van der Waals surface area contributed by atoms with Gasteiger partial charge in [-0.15, -0.1) is 0 Å². The highest BCUT2D eigenvalue weighted by atomic mass is 19.1. The second-order valence-electron chi connectivity index (χ2n) is 10.8. The van der Waals surface area contributed by atoms with Crippen molar-refractivity contribution < 1.29 is 18.7 Å². The predicted molar refractivity (Wildman–Crippen MR) is 153 cm³/mol. The standard InChI is InChI=1S/C32H31FN6O3/c33-28-17-22(5-6-23(28)20-34)21-42-25-7-8-29-26(18-25)27(31(40)37-12-2-1-3-13-37)19-30(36-29)32(41)38-15-9-24(10-16-38)39-14-4-11-35-39/h4-8,11,14,17-19,24H,1-3,9-10,12-13,15-16,21H2. The lowest BCUT2D eigenvalue weighted by atomic mass is 10.0. The van der Waals surface area contributed by atoms with Crippen LogP contribution in [0.2, 0.25) is 0 Å². The Labute approximate surface area is 243 Å². The van der Waals surface area contributed by atoms with Gasteiger partial charge >= 0.3 is 0 Å². The van der Waals surface area contributed by atoms with Crippen LogP contribution in [0.5, 0.6) is 5.75 Å². The van der Waals surface area contributed by atoms with Gasteiger partial charge in [0.25, 0.3) is 11.8 Å². The van der Waals surface area contributed by atoms with E-state index in [1.807, 2.05) is 27.9 Å². The zero-order valence-corrected chi connectivity index (χ0v) is 23.2. The molecule has 42 heavy (non-hydrogen) atoms. The van der Waals surface area contributed by atoms with E-state index >= 15 is 0 Å². The first-order valence-electron chi connectivity index (χ1n) is 14.3. The van der Waals surface area contributed by atoms with Crippen molar-refractivity contribution in [3.05, 3.63) is 89.1 Å². The summed E-state index contributed by atoms with van der Waals surface area (Å²) in [5.41, 5.74) is 1.76. The van der Waals surface area contributed by atoms with Crippen LogP contribution in [0, 0.1) is 17.1 Å². The Balaban J connectivity index is 1.27. The molecule has 10 heteroatoms. The van der Waals surface area contributed by atoms with Gasteiger partial charge < -0.3 is 14.5 Å². The number of carbonyl (C=O) groups excluding carboxylic acids is 2. The first-order valence-corrected chi connectivity index (χ1v) is 14.3. The second-order valence-corrected chi connectivity index (χ2v) is 10.8. The van der Waals surface area contributed by atoms with Crippen LogP contribution in [-0.2, 0) is 6.61 Å². The number of nitrogens with zero attached hydrogens (tertiary/aromatic N) is 6. The van der Waals surface area contributed by atoms with E-state index in [1.165, 1.54) is 12.1 Å². The van der Waals surface area contributed by atoms with E-state index < -0.39 is 5.82 Å². The van der Waals surface area contributed by atoms with Gasteiger partial charge in [0.05, 0.1) is 22.7 Å². The molecule has 0 N–H and O–H groups in total. The summed E-state index contributed by atoms with van der Waals surface area (Å²) < 4.78 is 21.9. The largest absolute Gasteiger partial charge is 0.489 e. The van der Waals surface area contributed by atoms with E-state index in [9.17, 15) is 14.0 Å². The number of nitriles is 1. The number of hydrogen-bond donors (Lipinski definition) is 0. The van der Waals surface area contributed by atoms with Crippen molar-refractivity contribution >= 4 is 22.7 Å². The zero-order valence-electron chi connectivity index (χ0n) is 23.2. The molecule has 2 amide bonds. The number of halogens is 1. The van der Waals surface area contributed by atoms with Crippen molar-refractivity contribution in [3.63, 3.8) is 0 Å². The van der Waals surface area contributed by atoms with E-state index in [4.69, 9.17) is 10.00 Å². The van der Waals surface area contributed by atoms with Gasteiger partial charge in [0.2, 0.25) is 0 Å².